The Bertz CT molecular complexity index is 1020. The van der Waals surface area contributed by atoms with E-state index in [0.29, 0.717) is 5.69 Å². The van der Waals surface area contributed by atoms with Crippen molar-refractivity contribution in [2.75, 3.05) is 10.6 Å². The summed E-state index contributed by atoms with van der Waals surface area (Å²) >= 11 is 5.98. The van der Waals surface area contributed by atoms with Gasteiger partial charge in [0, 0.05) is 23.4 Å². The van der Waals surface area contributed by atoms with E-state index < -0.39 is 16.7 Å². The molecule has 3 rings (SSSR count). The van der Waals surface area contributed by atoms with Crippen molar-refractivity contribution in [3.05, 3.63) is 87.3 Å². The zero-order chi connectivity index (χ0) is 19.4. The highest BCUT2D eigenvalue weighted by Crippen LogP contribution is 2.27. The van der Waals surface area contributed by atoms with Crippen LogP contribution in [0.15, 0.2) is 65.3 Å². The van der Waals surface area contributed by atoms with Gasteiger partial charge in [0.25, 0.3) is 17.5 Å². The number of amides is 2. The number of hydrogen-bond acceptors (Lipinski definition) is 5. The first-order chi connectivity index (χ1) is 12.9. The Morgan fingerprint density at radius 2 is 1.81 bits per heavy atom. The summed E-state index contributed by atoms with van der Waals surface area (Å²) in [5, 5.41) is 16.2. The second-order valence-electron chi connectivity index (χ2n) is 5.39. The maximum atomic E-state index is 12.4. The molecule has 136 valence electrons. The largest absolute Gasteiger partial charge is 0.459 e. The molecule has 2 amide bonds. The molecule has 2 N–H and O–H groups in total. The molecule has 9 heteroatoms. The van der Waals surface area contributed by atoms with Gasteiger partial charge in [-0.15, -0.1) is 0 Å². The number of furan rings is 1. The van der Waals surface area contributed by atoms with Crippen molar-refractivity contribution in [1.29, 1.82) is 0 Å². The zero-order valence-corrected chi connectivity index (χ0v) is 14.4. The van der Waals surface area contributed by atoms with Gasteiger partial charge in [0.1, 0.15) is 0 Å². The SMILES string of the molecule is O=C(Nc1cc([N+](=O)[O-])ccc1Cl)c1cccc(NC(=O)c2ccco2)c1. The average molecular weight is 386 g/mol. The minimum atomic E-state index is -0.587. The van der Waals surface area contributed by atoms with E-state index in [0.717, 1.165) is 0 Å². The van der Waals surface area contributed by atoms with Crippen molar-refractivity contribution < 1.29 is 18.9 Å². The van der Waals surface area contributed by atoms with Crippen LogP contribution in [-0.4, -0.2) is 16.7 Å². The number of benzene rings is 2. The maximum Gasteiger partial charge on any atom is 0.291 e. The molecule has 0 saturated heterocycles. The highest BCUT2D eigenvalue weighted by molar-refractivity contribution is 6.34. The number of hydrogen-bond donors (Lipinski definition) is 2. The van der Waals surface area contributed by atoms with Gasteiger partial charge in [0.15, 0.2) is 5.76 Å². The number of nitrogens with one attached hydrogen (secondary N) is 2. The molecular formula is C18H12ClN3O5. The molecule has 0 aliphatic heterocycles. The Kier molecular flexibility index (Phi) is 5.18. The monoisotopic (exact) mass is 385 g/mol. The van der Waals surface area contributed by atoms with Crippen molar-refractivity contribution in [2.24, 2.45) is 0 Å². The molecule has 0 atom stereocenters. The number of carbonyl (C=O) groups excluding carboxylic acids is 2. The number of halogens is 1. The molecule has 3 aromatic rings. The van der Waals surface area contributed by atoms with Crippen LogP contribution < -0.4 is 10.6 Å². The molecule has 0 radical (unpaired) electrons. The summed E-state index contributed by atoms with van der Waals surface area (Å²) in [6, 6.07) is 13.0. The number of nitro benzene ring substituents is 1. The molecule has 2 aromatic carbocycles. The molecule has 0 aliphatic rings. The highest BCUT2D eigenvalue weighted by Gasteiger charge is 2.14. The molecule has 0 spiro atoms. The Morgan fingerprint density at radius 3 is 2.52 bits per heavy atom. The summed E-state index contributed by atoms with van der Waals surface area (Å²) in [4.78, 5) is 34.7. The predicted molar refractivity (Wildman–Crippen MR) is 99.2 cm³/mol. The number of nitrogens with zero attached hydrogens (tertiary/aromatic N) is 1. The highest BCUT2D eigenvalue weighted by atomic mass is 35.5. The molecule has 1 aromatic heterocycles. The van der Waals surface area contributed by atoms with Crippen LogP contribution in [0.4, 0.5) is 17.1 Å². The van der Waals surface area contributed by atoms with E-state index in [9.17, 15) is 19.7 Å². The van der Waals surface area contributed by atoms with Crippen LogP contribution in [0.3, 0.4) is 0 Å². The molecule has 27 heavy (non-hydrogen) atoms. The van der Waals surface area contributed by atoms with E-state index in [4.69, 9.17) is 16.0 Å². The van der Waals surface area contributed by atoms with Crippen LogP contribution in [-0.2, 0) is 0 Å². The van der Waals surface area contributed by atoms with Gasteiger partial charge in [-0.1, -0.05) is 17.7 Å². The van der Waals surface area contributed by atoms with E-state index in [2.05, 4.69) is 10.6 Å². The lowest BCUT2D eigenvalue weighted by Gasteiger charge is -2.09. The molecule has 0 saturated carbocycles. The minimum absolute atomic E-state index is 0.112. The predicted octanol–water partition coefficient (Wildman–Crippen LogP) is 4.35. The van der Waals surface area contributed by atoms with Crippen LogP contribution in [0.25, 0.3) is 0 Å². The van der Waals surface area contributed by atoms with E-state index in [1.165, 1.54) is 42.7 Å². The molecule has 0 fully saturated rings. The molecule has 1 heterocycles. The lowest BCUT2D eigenvalue weighted by Crippen LogP contribution is -2.14. The quantitative estimate of drug-likeness (QED) is 0.500. The fourth-order valence-corrected chi connectivity index (χ4v) is 2.42. The smallest absolute Gasteiger partial charge is 0.291 e. The molecule has 0 bridgehead atoms. The normalized spacial score (nSPS) is 10.3. The lowest BCUT2D eigenvalue weighted by atomic mass is 10.1. The molecule has 0 unspecified atom stereocenters. The third kappa shape index (κ3) is 4.31. The van der Waals surface area contributed by atoms with E-state index in [1.807, 2.05) is 0 Å². The van der Waals surface area contributed by atoms with Crippen molar-refractivity contribution in [1.82, 2.24) is 0 Å². The van der Waals surface area contributed by atoms with E-state index in [-0.39, 0.29) is 27.7 Å². The van der Waals surface area contributed by atoms with Gasteiger partial charge in [0.2, 0.25) is 0 Å². The number of nitro groups is 1. The fourth-order valence-electron chi connectivity index (χ4n) is 2.26. The summed E-state index contributed by atoms with van der Waals surface area (Å²) in [5.74, 6) is -0.862. The van der Waals surface area contributed by atoms with Crippen molar-refractivity contribution in [3.63, 3.8) is 0 Å². The van der Waals surface area contributed by atoms with Crippen LogP contribution in [0, 0.1) is 10.1 Å². The van der Waals surface area contributed by atoms with E-state index >= 15 is 0 Å². The van der Waals surface area contributed by atoms with Crippen LogP contribution in [0.2, 0.25) is 5.02 Å². The van der Waals surface area contributed by atoms with Crippen LogP contribution >= 0.6 is 11.6 Å². The van der Waals surface area contributed by atoms with Crippen LogP contribution in [0.1, 0.15) is 20.9 Å². The molecule has 0 aliphatic carbocycles. The lowest BCUT2D eigenvalue weighted by molar-refractivity contribution is -0.384. The van der Waals surface area contributed by atoms with Gasteiger partial charge in [0.05, 0.1) is 21.9 Å². The molecule has 8 nitrogen and oxygen atoms in total. The van der Waals surface area contributed by atoms with Gasteiger partial charge in [-0.05, 0) is 36.4 Å². The first-order valence-electron chi connectivity index (χ1n) is 7.64. The topological polar surface area (TPSA) is 114 Å². The molecular weight excluding hydrogens is 374 g/mol. The Morgan fingerprint density at radius 1 is 1.00 bits per heavy atom. The van der Waals surface area contributed by atoms with Gasteiger partial charge in [-0.2, -0.15) is 0 Å². The Labute approximate surface area is 157 Å². The van der Waals surface area contributed by atoms with Crippen molar-refractivity contribution >= 4 is 40.5 Å². The van der Waals surface area contributed by atoms with Crippen LogP contribution in [0.5, 0.6) is 0 Å². The van der Waals surface area contributed by atoms with Gasteiger partial charge in [-0.3, -0.25) is 19.7 Å². The van der Waals surface area contributed by atoms with Crippen molar-refractivity contribution in [3.8, 4) is 0 Å². The van der Waals surface area contributed by atoms with Crippen molar-refractivity contribution in [2.45, 2.75) is 0 Å². The third-order valence-electron chi connectivity index (χ3n) is 3.54. The second kappa shape index (κ2) is 7.71. The number of carbonyl (C=O) groups is 2. The third-order valence-corrected chi connectivity index (χ3v) is 3.87. The first-order valence-corrected chi connectivity index (χ1v) is 8.02. The summed E-state index contributed by atoms with van der Waals surface area (Å²) in [5.41, 5.74) is 0.527. The zero-order valence-electron chi connectivity index (χ0n) is 13.6. The van der Waals surface area contributed by atoms with E-state index in [1.54, 1.807) is 18.2 Å². The Hall–Kier alpha value is -3.65. The fraction of sp³-hybridized carbons (Fsp3) is 0. The summed E-state index contributed by atoms with van der Waals surface area (Å²) < 4.78 is 5.01. The number of non-ortho nitro benzene ring substituents is 1. The second-order valence-corrected chi connectivity index (χ2v) is 5.79. The maximum absolute atomic E-state index is 12.4. The number of rotatable bonds is 5. The first kappa shape index (κ1) is 18.2. The standard InChI is InChI=1S/C18H12ClN3O5/c19-14-7-6-13(22(25)26)10-15(14)21-17(23)11-3-1-4-12(9-11)20-18(24)16-5-2-8-27-16/h1-10H,(H,20,24)(H,21,23). The average Bonchev–Trinajstić information content (AvgIpc) is 3.18. The van der Waals surface area contributed by atoms with Gasteiger partial charge >= 0.3 is 0 Å². The van der Waals surface area contributed by atoms with Gasteiger partial charge in [-0.25, -0.2) is 0 Å². The summed E-state index contributed by atoms with van der Waals surface area (Å²) in [6.07, 6.45) is 1.38. The summed E-state index contributed by atoms with van der Waals surface area (Å²) in [6.45, 7) is 0. The summed E-state index contributed by atoms with van der Waals surface area (Å²) in [7, 11) is 0. The minimum Gasteiger partial charge on any atom is -0.459 e. The number of anilines is 2. The van der Waals surface area contributed by atoms with Gasteiger partial charge < -0.3 is 15.1 Å². The Balaban J connectivity index is 1.77.